The Kier molecular flexibility index (Phi) is 5.96. The van der Waals surface area contributed by atoms with Gasteiger partial charge in [-0.1, -0.05) is 18.2 Å². The molecule has 3 aromatic carbocycles. The summed E-state index contributed by atoms with van der Waals surface area (Å²) in [7, 11) is 0. The topological polar surface area (TPSA) is 103 Å². The lowest BCUT2D eigenvalue weighted by atomic mass is 10.0. The minimum absolute atomic E-state index is 0.473. The molecule has 36 heavy (non-hydrogen) atoms. The van der Waals surface area contributed by atoms with Crippen LogP contribution < -0.4 is 5.32 Å². The molecule has 0 atom stereocenters. The van der Waals surface area contributed by atoms with Crippen molar-refractivity contribution < 1.29 is 0 Å². The van der Waals surface area contributed by atoms with Crippen LogP contribution in [-0.2, 0) is 0 Å². The van der Waals surface area contributed by atoms with E-state index < -0.39 is 0 Å². The molecule has 7 nitrogen and oxygen atoms in total. The molecule has 0 unspecified atom stereocenters. The van der Waals surface area contributed by atoms with Gasteiger partial charge in [0.1, 0.15) is 11.8 Å². The monoisotopic (exact) mass is 467 g/mol. The van der Waals surface area contributed by atoms with E-state index in [0.29, 0.717) is 17.1 Å². The van der Waals surface area contributed by atoms with Gasteiger partial charge in [0.15, 0.2) is 5.65 Å². The summed E-state index contributed by atoms with van der Waals surface area (Å²) >= 11 is 0. The average Bonchev–Trinajstić information content (AvgIpc) is 3.28. The number of benzene rings is 3. The van der Waals surface area contributed by atoms with Crippen LogP contribution in [0, 0.1) is 36.5 Å². The number of hydrogen-bond acceptors (Lipinski definition) is 6. The summed E-state index contributed by atoms with van der Waals surface area (Å²) in [5.74, 6) is 0.473. The Labute approximate surface area is 208 Å². The van der Waals surface area contributed by atoms with Crippen molar-refractivity contribution in [3.05, 3.63) is 95.5 Å². The van der Waals surface area contributed by atoms with Gasteiger partial charge < -0.3 is 5.32 Å². The smallest absolute Gasteiger partial charge is 0.229 e. The van der Waals surface area contributed by atoms with Crippen LogP contribution in [0.1, 0.15) is 22.3 Å². The summed E-state index contributed by atoms with van der Waals surface area (Å²) in [5.41, 5.74) is 7.33. The minimum Gasteiger partial charge on any atom is -0.324 e. The molecular weight excluding hydrogens is 446 g/mol. The van der Waals surface area contributed by atoms with E-state index in [-0.39, 0.29) is 0 Å². The molecule has 2 aromatic heterocycles. The van der Waals surface area contributed by atoms with E-state index in [1.807, 2.05) is 79.1 Å². The van der Waals surface area contributed by atoms with Gasteiger partial charge in [-0.05, 0) is 89.4 Å². The van der Waals surface area contributed by atoms with Crippen LogP contribution in [0.3, 0.4) is 0 Å². The minimum atomic E-state index is 0.473. The molecule has 0 fully saturated rings. The third-order valence-electron chi connectivity index (χ3n) is 5.87. The number of fused-ring (bicyclic) bond motifs is 2. The quantitative estimate of drug-likeness (QED) is 0.300. The molecule has 1 N–H and O–H groups in total. The Hall–Kier alpha value is -5.27. The molecule has 0 radical (unpaired) electrons. The van der Waals surface area contributed by atoms with E-state index in [1.54, 1.807) is 24.7 Å². The standard InChI is InChI=1S/C29H21N7/c1-19-13-22(6-4-12-31)14-20(2)27(19)36-18-33-26-17-32-29(35-28(26)36)34-25-10-9-23-15-21(5-3-11-30)7-8-24(23)16-25/h3-10,13-18H,1-2H3,(H,32,34,35)/b5-3+,6-4+. The zero-order valence-electron chi connectivity index (χ0n) is 19.8. The maximum Gasteiger partial charge on any atom is 0.229 e. The number of imidazole rings is 1. The van der Waals surface area contributed by atoms with E-state index >= 15 is 0 Å². The summed E-state index contributed by atoms with van der Waals surface area (Å²) in [5, 5.41) is 23.0. The number of rotatable bonds is 5. The lowest BCUT2D eigenvalue weighted by Crippen LogP contribution is -2.03. The molecule has 172 valence electrons. The molecule has 0 aliphatic rings. The van der Waals surface area contributed by atoms with E-state index in [0.717, 1.165) is 44.4 Å². The van der Waals surface area contributed by atoms with Crippen molar-refractivity contribution >= 4 is 45.7 Å². The normalized spacial score (nSPS) is 11.3. The summed E-state index contributed by atoms with van der Waals surface area (Å²) in [6.07, 6.45) is 10.0. The number of allylic oxidation sites excluding steroid dienone is 2. The second-order valence-electron chi connectivity index (χ2n) is 8.39. The van der Waals surface area contributed by atoms with Gasteiger partial charge in [-0.3, -0.25) is 4.57 Å². The molecule has 0 aliphatic heterocycles. The number of aryl methyl sites for hydroxylation is 2. The third kappa shape index (κ3) is 4.42. The fourth-order valence-electron chi connectivity index (χ4n) is 4.34. The second kappa shape index (κ2) is 9.54. The second-order valence-corrected chi connectivity index (χ2v) is 8.39. The largest absolute Gasteiger partial charge is 0.324 e. The molecule has 0 saturated carbocycles. The summed E-state index contributed by atoms with van der Waals surface area (Å²) < 4.78 is 1.97. The Morgan fingerprint density at radius 2 is 1.53 bits per heavy atom. The summed E-state index contributed by atoms with van der Waals surface area (Å²) in [6, 6.07) is 20.2. The molecule has 7 heteroatoms. The van der Waals surface area contributed by atoms with Crippen molar-refractivity contribution in [2.24, 2.45) is 0 Å². The van der Waals surface area contributed by atoms with Crippen LogP contribution in [-0.4, -0.2) is 19.5 Å². The average molecular weight is 468 g/mol. The molecule has 0 saturated heterocycles. The zero-order chi connectivity index (χ0) is 25.1. The van der Waals surface area contributed by atoms with Crippen molar-refractivity contribution in [2.45, 2.75) is 13.8 Å². The van der Waals surface area contributed by atoms with Gasteiger partial charge in [0.25, 0.3) is 0 Å². The first kappa shape index (κ1) is 22.5. The van der Waals surface area contributed by atoms with Crippen molar-refractivity contribution in [1.29, 1.82) is 10.5 Å². The first-order chi connectivity index (χ1) is 17.6. The van der Waals surface area contributed by atoms with E-state index in [1.165, 1.54) is 12.2 Å². The summed E-state index contributed by atoms with van der Waals surface area (Å²) in [6.45, 7) is 4.07. The Morgan fingerprint density at radius 3 is 2.28 bits per heavy atom. The van der Waals surface area contributed by atoms with E-state index in [4.69, 9.17) is 15.5 Å². The fraction of sp³-hybridized carbons (Fsp3) is 0.0690. The Balaban J connectivity index is 1.48. The van der Waals surface area contributed by atoms with Gasteiger partial charge in [-0.2, -0.15) is 15.5 Å². The molecule has 5 aromatic rings. The highest BCUT2D eigenvalue weighted by atomic mass is 15.2. The number of anilines is 2. The van der Waals surface area contributed by atoms with Gasteiger partial charge in [0, 0.05) is 17.8 Å². The predicted octanol–water partition coefficient (Wildman–Crippen LogP) is 6.40. The highest BCUT2D eigenvalue weighted by molar-refractivity contribution is 5.88. The van der Waals surface area contributed by atoms with Gasteiger partial charge >= 0.3 is 0 Å². The Morgan fingerprint density at radius 1 is 0.833 bits per heavy atom. The number of nitrogens with zero attached hydrogens (tertiary/aromatic N) is 6. The van der Waals surface area contributed by atoms with Crippen LogP contribution in [0.4, 0.5) is 11.6 Å². The third-order valence-corrected chi connectivity index (χ3v) is 5.87. The van der Waals surface area contributed by atoms with Crippen molar-refractivity contribution in [2.75, 3.05) is 5.32 Å². The number of nitriles is 2. The first-order valence-electron chi connectivity index (χ1n) is 11.3. The predicted molar refractivity (Wildman–Crippen MR) is 143 cm³/mol. The first-order valence-corrected chi connectivity index (χ1v) is 11.3. The maximum atomic E-state index is 8.83. The van der Waals surface area contributed by atoms with Gasteiger partial charge in [-0.25, -0.2) is 9.97 Å². The van der Waals surface area contributed by atoms with E-state index in [9.17, 15) is 0 Å². The molecule has 0 amide bonds. The number of aromatic nitrogens is 4. The van der Waals surface area contributed by atoms with Crippen molar-refractivity contribution in [3.63, 3.8) is 0 Å². The molecular formula is C29H21N7. The SMILES string of the molecule is Cc1cc(/C=C/C#N)cc(C)c1-n1cnc2cnc(Nc3ccc4cc(/C=C/C#N)ccc4c3)nc21. The van der Waals surface area contributed by atoms with Crippen molar-refractivity contribution in [1.82, 2.24) is 19.5 Å². The zero-order valence-corrected chi connectivity index (χ0v) is 19.8. The lowest BCUT2D eigenvalue weighted by Gasteiger charge is -2.13. The van der Waals surface area contributed by atoms with Gasteiger partial charge in [-0.15, -0.1) is 0 Å². The lowest BCUT2D eigenvalue weighted by molar-refractivity contribution is 1.03. The fourth-order valence-corrected chi connectivity index (χ4v) is 4.34. The Bertz CT molecular complexity index is 1740. The van der Waals surface area contributed by atoms with Crippen molar-refractivity contribution in [3.8, 4) is 17.8 Å². The molecule has 0 aliphatic carbocycles. The summed E-state index contributed by atoms with van der Waals surface area (Å²) in [4.78, 5) is 13.7. The van der Waals surface area contributed by atoms with Crippen LogP contribution in [0.15, 0.2) is 73.2 Å². The molecule has 5 rings (SSSR count). The van der Waals surface area contributed by atoms with Crippen LogP contribution >= 0.6 is 0 Å². The maximum absolute atomic E-state index is 8.83. The molecule has 2 heterocycles. The molecule has 0 spiro atoms. The number of nitrogens with one attached hydrogen (secondary N) is 1. The van der Waals surface area contributed by atoms with Crippen LogP contribution in [0.5, 0.6) is 0 Å². The van der Waals surface area contributed by atoms with Gasteiger partial charge in [0.2, 0.25) is 5.95 Å². The molecule has 0 bridgehead atoms. The highest BCUT2D eigenvalue weighted by Gasteiger charge is 2.13. The van der Waals surface area contributed by atoms with Gasteiger partial charge in [0.05, 0.1) is 24.0 Å². The van der Waals surface area contributed by atoms with Crippen LogP contribution in [0.2, 0.25) is 0 Å². The van der Waals surface area contributed by atoms with Crippen LogP contribution in [0.25, 0.3) is 39.8 Å². The van der Waals surface area contributed by atoms with E-state index in [2.05, 4.69) is 15.3 Å². The number of hydrogen-bond donors (Lipinski definition) is 1. The highest BCUT2D eigenvalue weighted by Crippen LogP contribution is 2.27.